The number of carbonyl (C=O) groups excluding carboxylic acids is 2. The van der Waals surface area contributed by atoms with Crippen LogP contribution in [-0.4, -0.2) is 29.3 Å². The minimum atomic E-state index is -1.28. The minimum Gasteiger partial charge on any atom is -0.454 e. The number of rotatable bonds is 8. The lowest BCUT2D eigenvalue weighted by atomic mass is 9.91. The largest absolute Gasteiger partial charge is 0.454 e. The molecule has 3 N–H and O–H groups in total. The van der Waals surface area contributed by atoms with E-state index in [1.165, 1.54) is 0 Å². The molecule has 0 unspecified atom stereocenters. The maximum atomic E-state index is 13.6. The number of H-pyrrole nitrogens is 1. The van der Waals surface area contributed by atoms with Gasteiger partial charge in [0.2, 0.25) is 12.7 Å². The fourth-order valence-corrected chi connectivity index (χ4v) is 4.46. The maximum absolute atomic E-state index is 13.6. The van der Waals surface area contributed by atoms with Crippen molar-refractivity contribution in [1.29, 1.82) is 0 Å². The molecule has 0 fully saturated rings. The Hall–Kier alpha value is -4.46. The van der Waals surface area contributed by atoms with E-state index in [-0.39, 0.29) is 31.8 Å². The molecular formula is C29H29N3O5. The highest BCUT2D eigenvalue weighted by Crippen LogP contribution is 2.32. The van der Waals surface area contributed by atoms with Crippen LogP contribution >= 0.6 is 0 Å². The van der Waals surface area contributed by atoms with Gasteiger partial charge in [-0.05, 0) is 48.7 Å². The summed E-state index contributed by atoms with van der Waals surface area (Å²) < 4.78 is 16.2. The monoisotopic (exact) mass is 499 g/mol. The summed E-state index contributed by atoms with van der Waals surface area (Å²) in [5.74, 6) is 0.956. The second-order valence-electron chi connectivity index (χ2n) is 9.36. The van der Waals surface area contributed by atoms with E-state index >= 15 is 0 Å². The number of amides is 2. The molecule has 3 aromatic carbocycles. The lowest BCUT2D eigenvalue weighted by Gasteiger charge is -2.31. The molecule has 1 aliphatic rings. The number of para-hydroxylation sites is 1. The van der Waals surface area contributed by atoms with Crippen LogP contribution in [0.4, 0.5) is 4.79 Å². The zero-order valence-corrected chi connectivity index (χ0v) is 20.7. The molecule has 0 saturated carbocycles. The number of hydrogen-bond donors (Lipinski definition) is 3. The number of nitrogens with one attached hydrogen (secondary N) is 3. The highest BCUT2D eigenvalue weighted by atomic mass is 16.7. The van der Waals surface area contributed by atoms with E-state index in [4.69, 9.17) is 14.2 Å². The molecule has 37 heavy (non-hydrogen) atoms. The van der Waals surface area contributed by atoms with Crippen molar-refractivity contribution in [2.75, 3.05) is 6.79 Å². The molecule has 0 aliphatic carbocycles. The van der Waals surface area contributed by atoms with Gasteiger partial charge in [0.05, 0.1) is 6.04 Å². The van der Waals surface area contributed by atoms with Crippen molar-refractivity contribution >= 4 is 22.9 Å². The van der Waals surface area contributed by atoms with Crippen molar-refractivity contribution in [1.82, 2.24) is 15.6 Å². The quantitative estimate of drug-likeness (QED) is 0.317. The Labute approximate surface area is 214 Å². The van der Waals surface area contributed by atoms with E-state index in [0.717, 1.165) is 27.6 Å². The number of benzene rings is 3. The van der Waals surface area contributed by atoms with Crippen molar-refractivity contribution in [2.45, 2.75) is 38.5 Å². The third kappa shape index (κ3) is 5.38. The fraction of sp³-hybridized carbons (Fsp3) is 0.241. The molecule has 2 heterocycles. The fourth-order valence-electron chi connectivity index (χ4n) is 4.46. The molecule has 1 aliphatic heterocycles. The van der Waals surface area contributed by atoms with Gasteiger partial charge in [-0.1, -0.05) is 54.6 Å². The number of aromatic amines is 1. The highest BCUT2D eigenvalue weighted by molar-refractivity contribution is 5.91. The van der Waals surface area contributed by atoms with E-state index in [2.05, 4.69) is 15.6 Å². The molecular weight excluding hydrogens is 470 g/mol. The van der Waals surface area contributed by atoms with Crippen LogP contribution < -0.4 is 20.1 Å². The topological polar surface area (TPSA) is 102 Å². The Morgan fingerprint density at radius 1 is 1.03 bits per heavy atom. The van der Waals surface area contributed by atoms with Crippen LogP contribution in [0.5, 0.6) is 11.5 Å². The van der Waals surface area contributed by atoms with Crippen molar-refractivity contribution in [3.63, 3.8) is 0 Å². The lowest BCUT2D eigenvalue weighted by Crippen LogP contribution is -2.58. The van der Waals surface area contributed by atoms with Gasteiger partial charge in [0.25, 0.3) is 0 Å². The first-order valence-electron chi connectivity index (χ1n) is 12.2. The second kappa shape index (κ2) is 10.3. The van der Waals surface area contributed by atoms with Crippen LogP contribution in [0, 0.1) is 0 Å². The zero-order chi connectivity index (χ0) is 25.8. The van der Waals surface area contributed by atoms with E-state index in [0.29, 0.717) is 11.5 Å². The number of alkyl carbamates (subject to hydrolysis) is 1. The maximum Gasteiger partial charge on any atom is 0.408 e. The summed E-state index contributed by atoms with van der Waals surface area (Å²) in [4.78, 5) is 29.8. The van der Waals surface area contributed by atoms with Crippen molar-refractivity contribution in [2.24, 2.45) is 0 Å². The average Bonchev–Trinajstić information content (AvgIpc) is 3.54. The molecule has 2 atom stereocenters. The SMILES string of the molecule is C[C@H](NC(=O)[C@@](C)(Cc1c[nH]c2ccccc12)NC(=O)OCc1ccc2c(c1)OCO2)c1ccccc1. The summed E-state index contributed by atoms with van der Waals surface area (Å²) in [5, 5.41) is 6.88. The van der Waals surface area contributed by atoms with E-state index in [9.17, 15) is 9.59 Å². The Kier molecular flexibility index (Phi) is 6.72. The third-order valence-corrected chi connectivity index (χ3v) is 6.55. The van der Waals surface area contributed by atoms with E-state index in [1.54, 1.807) is 25.1 Å². The summed E-state index contributed by atoms with van der Waals surface area (Å²) >= 11 is 0. The molecule has 1 aromatic heterocycles. The smallest absolute Gasteiger partial charge is 0.408 e. The van der Waals surface area contributed by atoms with E-state index < -0.39 is 11.6 Å². The number of carbonyl (C=O) groups is 2. The van der Waals surface area contributed by atoms with Gasteiger partial charge in [0, 0.05) is 23.5 Å². The van der Waals surface area contributed by atoms with Crippen LogP contribution in [0.1, 0.15) is 36.6 Å². The number of fused-ring (bicyclic) bond motifs is 2. The van der Waals surface area contributed by atoms with E-state index in [1.807, 2.05) is 67.7 Å². The van der Waals surface area contributed by atoms with Gasteiger partial charge < -0.3 is 29.8 Å². The lowest BCUT2D eigenvalue weighted by molar-refractivity contribution is -0.127. The van der Waals surface area contributed by atoms with Crippen LogP contribution in [0.25, 0.3) is 10.9 Å². The zero-order valence-electron chi connectivity index (χ0n) is 20.7. The van der Waals surface area contributed by atoms with Gasteiger partial charge in [-0.2, -0.15) is 0 Å². The van der Waals surface area contributed by atoms with Crippen LogP contribution in [0.15, 0.2) is 79.0 Å². The number of ether oxygens (including phenoxy) is 3. The molecule has 2 amide bonds. The van der Waals surface area contributed by atoms with Gasteiger partial charge in [-0.15, -0.1) is 0 Å². The second-order valence-corrected chi connectivity index (χ2v) is 9.36. The molecule has 190 valence electrons. The molecule has 4 aromatic rings. The summed E-state index contributed by atoms with van der Waals surface area (Å²) in [6.45, 7) is 3.82. The van der Waals surface area contributed by atoms with Crippen LogP contribution in [0.2, 0.25) is 0 Å². The molecule has 0 spiro atoms. The normalized spacial score (nSPS) is 14.5. The first-order chi connectivity index (χ1) is 17.9. The molecule has 0 bridgehead atoms. The van der Waals surface area contributed by atoms with Gasteiger partial charge in [0.1, 0.15) is 12.1 Å². The first-order valence-corrected chi connectivity index (χ1v) is 12.2. The standard InChI is InChI=1S/C29H29N3O5/c1-19(21-8-4-3-5-9-21)31-27(33)29(2,15-22-16-30-24-11-7-6-10-23(22)24)32-28(34)35-17-20-12-13-25-26(14-20)37-18-36-25/h3-14,16,19,30H,15,17-18H2,1-2H3,(H,31,33)(H,32,34)/t19-,29+/m0/s1. The summed E-state index contributed by atoms with van der Waals surface area (Å²) in [6, 6.07) is 22.6. The van der Waals surface area contributed by atoms with Gasteiger partial charge in [0.15, 0.2) is 11.5 Å². The Balaban J connectivity index is 1.33. The Morgan fingerprint density at radius 3 is 2.62 bits per heavy atom. The first kappa shape index (κ1) is 24.2. The van der Waals surface area contributed by atoms with Gasteiger partial charge >= 0.3 is 6.09 Å². The third-order valence-electron chi connectivity index (χ3n) is 6.55. The molecule has 5 rings (SSSR count). The summed E-state index contributed by atoms with van der Waals surface area (Å²) in [6.07, 6.45) is 1.45. The predicted molar refractivity (Wildman–Crippen MR) is 139 cm³/mol. The predicted octanol–water partition coefficient (Wildman–Crippen LogP) is 5.00. The molecule has 0 radical (unpaired) electrons. The van der Waals surface area contributed by atoms with Gasteiger partial charge in [-0.3, -0.25) is 4.79 Å². The average molecular weight is 500 g/mol. The Bertz CT molecular complexity index is 1420. The highest BCUT2D eigenvalue weighted by Gasteiger charge is 2.37. The van der Waals surface area contributed by atoms with Crippen LogP contribution in [-0.2, 0) is 22.6 Å². The number of aromatic nitrogens is 1. The molecule has 8 heteroatoms. The molecule has 0 saturated heterocycles. The van der Waals surface area contributed by atoms with Gasteiger partial charge in [-0.25, -0.2) is 4.79 Å². The molecule has 8 nitrogen and oxygen atoms in total. The van der Waals surface area contributed by atoms with Crippen molar-refractivity contribution in [3.8, 4) is 11.5 Å². The van der Waals surface area contributed by atoms with Crippen molar-refractivity contribution < 1.29 is 23.8 Å². The van der Waals surface area contributed by atoms with Crippen LogP contribution in [0.3, 0.4) is 0 Å². The number of hydrogen-bond acceptors (Lipinski definition) is 5. The Morgan fingerprint density at radius 2 is 1.78 bits per heavy atom. The summed E-state index contributed by atoms with van der Waals surface area (Å²) in [5.41, 5.74) is 2.32. The minimum absolute atomic E-state index is 0.0215. The van der Waals surface area contributed by atoms with Crippen molar-refractivity contribution in [3.05, 3.63) is 95.7 Å². The summed E-state index contributed by atoms with van der Waals surface area (Å²) in [7, 11) is 0.